The van der Waals surface area contributed by atoms with Gasteiger partial charge in [-0.3, -0.25) is 9.59 Å². The van der Waals surface area contributed by atoms with Crippen LogP contribution in [0.4, 0.5) is 0 Å². The number of nitrogens with one attached hydrogen (secondary N) is 1. The molecule has 5 heteroatoms. The highest BCUT2D eigenvalue weighted by Gasteiger charge is 2.35. The summed E-state index contributed by atoms with van der Waals surface area (Å²) in [6.07, 6.45) is 3.79. The molecular formula is C24H32N2O3. The molecule has 1 aromatic heterocycles. The Balaban J connectivity index is 1.60. The van der Waals surface area contributed by atoms with Crippen molar-refractivity contribution in [2.45, 2.75) is 65.3 Å². The summed E-state index contributed by atoms with van der Waals surface area (Å²) in [5.74, 6) is -0.00369. The molecule has 1 aliphatic rings. The molecule has 0 spiro atoms. The molecule has 1 atom stereocenters. The summed E-state index contributed by atoms with van der Waals surface area (Å²) in [5, 5.41) is 3.04. The number of hydrogen-bond donors (Lipinski definition) is 1. The van der Waals surface area contributed by atoms with Crippen molar-refractivity contribution < 1.29 is 14.0 Å². The molecule has 2 amide bonds. The zero-order valence-electron chi connectivity index (χ0n) is 18.2. The number of carbonyl (C=O) groups is 2. The zero-order chi connectivity index (χ0) is 21.2. The first-order valence-corrected chi connectivity index (χ1v) is 10.4. The lowest BCUT2D eigenvalue weighted by Gasteiger charge is -2.24. The minimum Gasteiger partial charge on any atom is -0.459 e. The quantitative estimate of drug-likeness (QED) is 0.825. The Morgan fingerprint density at radius 2 is 1.90 bits per heavy atom. The third-order valence-electron chi connectivity index (χ3n) is 5.78. The van der Waals surface area contributed by atoms with Crippen LogP contribution in [0.1, 0.15) is 66.4 Å². The van der Waals surface area contributed by atoms with E-state index in [1.54, 1.807) is 17.0 Å². The first kappa shape index (κ1) is 21.2. The lowest BCUT2D eigenvalue weighted by atomic mass is 9.83. The van der Waals surface area contributed by atoms with Gasteiger partial charge in [0.1, 0.15) is 6.04 Å². The van der Waals surface area contributed by atoms with Gasteiger partial charge in [0.05, 0.1) is 6.26 Å². The smallest absolute Gasteiger partial charge is 0.290 e. The van der Waals surface area contributed by atoms with Crippen molar-refractivity contribution in [1.29, 1.82) is 0 Å². The number of aryl methyl sites for hydroxylation is 2. The molecule has 3 rings (SSSR count). The van der Waals surface area contributed by atoms with Gasteiger partial charge in [0.15, 0.2) is 5.76 Å². The lowest BCUT2D eigenvalue weighted by molar-refractivity contribution is -0.124. The Labute approximate surface area is 173 Å². The molecule has 1 N–H and O–H groups in total. The van der Waals surface area contributed by atoms with E-state index in [1.807, 2.05) is 0 Å². The van der Waals surface area contributed by atoms with Gasteiger partial charge in [-0.15, -0.1) is 0 Å². The highest BCUT2D eigenvalue weighted by molar-refractivity contribution is 5.95. The summed E-state index contributed by atoms with van der Waals surface area (Å²) in [4.78, 5) is 26.9. The first-order chi connectivity index (χ1) is 13.7. The Hall–Kier alpha value is -2.56. The van der Waals surface area contributed by atoms with E-state index in [4.69, 9.17) is 4.42 Å². The third kappa shape index (κ3) is 4.72. The van der Waals surface area contributed by atoms with Crippen LogP contribution >= 0.6 is 0 Å². The van der Waals surface area contributed by atoms with Crippen molar-refractivity contribution in [3.63, 3.8) is 0 Å². The van der Waals surface area contributed by atoms with Crippen molar-refractivity contribution in [2.24, 2.45) is 0 Å². The maximum Gasteiger partial charge on any atom is 0.290 e. The van der Waals surface area contributed by atoms with E-state index in [-0.39, 0.29) is 23.0 Å². The van der Waals surface area contributed by atoms with Crippen LogP contribution in [0.2, 0.25) is 0 Å². The molecule has 2 aromatic rings. The molecule has 1 aromatic carbocycles. The second kappa shape index (κ2) is 8.44. The van der Waals surface area contributed by atoms with Crippen LogP contribution in [0.5, 0.6) is 0 Å². The average Bonchev–Trinajstić information content (AvgIpc) is 3.34. The molecule has 0 aliphatic carbocycles. The summed E-state index contributed by atoms with van der Waals surface area (Å²) in [6.45, 7) is 12.1. The van der Waals surface area contributed by atoms with E-state index >= 15 is 0 Å². The Morgan fingerprint density at radius 3 is 2.48 bits per heavy atom. The molecule has 1 aliphatic heterocycles. The molecule has 2 heterocycles. The molecule has 1 unspecified atom stereocenters. The van der Waals surface area contributed by atoms with Crippen molar-refractivity contribution in [3.05, 3.63) is 58.5 Å². The van der Waals surface area contributed by atoms with Gasteiger partial charge in [0, 0.05) is 13.1 Å². The number of furan rings is 1. The molecule has 1 saturated heterocycles. The fourth-order valence-electron chi connectivity index (χ4n) is 4.07. The Morgan fingerprint density at radius 1 is 1.21 bits per heavy atom. The summed E-state index contributed by atoms with van der Waals surface area (Å²) in [5.41, 5.74) is 5.26. The third-order valence-corrected chi connectivity index (χ3v) is 5.78. The molecule has 29 heavy (non-hydrogen) atoms. The molecular weight excluding hydrogens is 364 g/mol. The normalized spacial score (nSPS) is 16.9. The van der Waals surface area contributed by atoms with Crippen LogP contribution in [0.3, 0.4) is 0 Å². The summed E-state index contributed by atoms with van der Waals surface area (Å²) < 4.78 is 5.21. The van der Waals surface area contributed by atoms with Crippen LogP contribution in [0, 0.1) is 13.8 Å². The number of rotatable bonds is 5. The van der Waals surface area contributed by atoms with Crippen molar-refractivity contribution >= 4 is 11.8 Å². The number of carbonyl (C=O) groups excluding carboxylic acids is 2. The maximum absolute atomic E-state index is 12.7. The minimum absolute atomic E-state index is 0.0796. The van der Waals surface area contributed by atoms with Crippen molar-refractivity contribution in [1.82, 2.24) is 10.2 Å². The van der Waals surface area contributed by atoms with Gasteiger partial charge in [-0.1, -0.05) is 32.9 Å². The topological polar surface area (TPSA) is 62.6 Å². The van der Waals surface area contributed by atoms with E-state index < -0.39 is 6.04 Å². The molecule has 5 nitrogen and oxygen atoms in total. The maximum atomic E-state index is 12.7. The van der Waals surface area contributed by atoms with Gasteiger partial charge in [0.25, 0.3) is 5.91 Å². The van der Waals surface area contributed by atoms with E-state index in [2.05, 4.69) is 52.1 Å². The number of likely N-dealkylation sites (tertiary alicyclic amines) is 1. The monoisotopic (exact) mass is 396 g/mol. The standard InChI is InChI=1S/C24H32N2O3/c1-16-14-18(24(3,4)5)15-17(2)19(16)10-11-25-22(27)20-8-6-12-26(20)23(28)21-9-7-13-29-21/h7,9,13-15,20H,6,8,10-12H2,1-5H3,(H,25,27). The van der Waals surface area contributed by atoms with Gasteiger partial charge >= 0.3 is 0 Å². The largest absolute Gasteiger partial charge is 0.459 e. The molecule has 1 fully saturated rings. The predicted octanol–water partition coefficient (Wildman–Crippen LogP) is 4.16. The van der Waals surface area contributed by atoms with Crippen LogP contribution in [-0.2, 0) is 16.6 Å². The number of amides is 2. The summed E-state index contributed by atoms with van der Waals surface area (Å²) >= 11 is 0. The van der Waals surface area contributed by atoms with Gasteiger partial charge in [-0.05, 0) is 72.9 Å². The number of hydrogen-bond acceptors (Lipinski definition) is 3. The van der Waals surface area contributed by atoms with Crippen molar-refractivity contribution in [3.8, 4) is 0 Å². The lowest BCUT2D eigenvalue weighted by Crippen LogP contribution is -2.46. The van der Waals surface area contributed by atoms with Gasteiger partial charge in [0.2, 0.25) is 5.91 Å². The Bertz CT molecular complexity index is 855. The Kier molecular flexibility index (Phi) is 6.15. The van der Waals surface area contributed by atoms with Gasteiger partial charge in [-0.25, -0.2) is 0 Å². The fraction of sp³-hybridized carbons (Fsp3) is 0.500. The first-order valence-electron chi connectivity index (χ1n) is 10.4. The van der Waals surface area contributed by atoms with Crippen LogP contribution < -0.4 is 5.32 Å². The fourth-order valence-corrected chi connectivity index (χ4v) is 4.07. The molecule has 0 saturated carbocycles. The highest BCUT2D eigenvalue weighted by atomic mass is 16.3. The zero-order valence-corrected chi connectivity index (χ0v) is 18.2. The van der Waals surface area contributed by atoms with Gasteiger partial charge in [-0.2, -0.15) is 0 Å². The summed E-state index contributed by atoms with van der Waals surface area (Å²) in [6, 6.07) is 7.42. The summed E-state index contributed by atoms with van der Waals surface area (Å²) in [7, 11) is 0. The SMILES string of the molecule is Cc1cc(C(C)(C)C)cc(C)c1CCNC(=O)C1CCCN1C(=O)c1ccco1. The highest BCUT2D eigenvalue weighted by Crippen LogP contribution is 2.27. The van der Waals surface area contributed by atoms with Crippen LogP contribution in [0.15, 0.2) is 34.9 Å². The minimum atomic E-state index is -0.418. The van der Waals surface area contributed by atoms with Crippen LogP contribution in [0.25, 0.3) is 0 Å². The number of nitrogens with zero attached hydrogens (tertiary/aromatic N) is 1. The average molecular weight is 397 g/mol. The molecule has 0 radical (unpaired) electrons. The van der Waals surface area contributed by atoms with E-state index in [0.717, 1.165) is 12.8 Å². The van der Waals surface area contributed by atoms with Crippen LogP contribution in [-0.4, -0.2) is 35.8 Å². The van der Waals surface area contributed by atoms with E-state index in [0.29, 0.717) is 19.5 Å². The molecule has 0 bridgehead atoms. The molecule has 156 valence electrons. The second-order valence-electron chi connectivity index (χ2n) is 9.01. The van der Waals surface area contributed by atoms with E-state index in [1.165, 1.54) is 28.5 Å². The van der Waals surface area contributed by atoms with Crippen molar-refractivity contribution in [2.75, 3.05) is 13.1 Å². The van der Waals surface area contributed by atoms with Gasteiger partial charge < -0.3 is 14.6 Å². The number of benzene rings is 1. The predicted molar refractivity (Wildman–Crippen MR) is 114 cm³/mol. The second-order valence-corrected chi connectivity index (χ2v) is 9.01. The van der Waals surface area contributed by atoms with E-state index in [9.17, 15) is 9.59 Å².